The molecule has 8 heteroatoms. The lowest BCUT2D eigenvalue weighted by atomic mass is 10.1. The quantitative estimate of drug-likeness (QED) is 0.639. The van der Waals surface area contributed by atoms with Gasteiger partial charge in [0.15, 0.2) is 12.3 Å². The maximum Gasteiger partial charge on any atom is 0.344 e. The van der Waals surface area contributed by atoms with Crippen LogP contribution < -0.4 is 0 Å². The van der Waals surface area contributed by atoms with Gasteiger partial charge >= 0.3 is 11.9 Å². The van der Waals surface area contributed by atoms with E-state index in [9.17, 15) is 9.59 Å². The van der Waals surface area contributed by atoms with E-state index < -0.39 is 18.5 Å². The first kappa shape index (κ1) is 18.1. The highest BCUT2D eigenvalue weighted by Crippen LogP contribution is 2.29. The number of carbonyl (C=O) groups excluding carboxylic acids is 2. The van der Waals surface area contributed by atoms with Crippen molar-refractivity contribution in [3.05, 3.63) is 34.8 Å². The molecule has 0 saturated carbocycles. The number of thiophene rings is 1. The molecule has 0 aliphatic rings. The summed E-state index contributed by atoms with van der Waals surface area (Å²) in [5, 5.41) is 6.91. The van der Waals surface area contributed by atoms with Crippen LogP contribution in [0, 0.1) is 6.92 Å². The fraction of sp³-hybridized carbons (Fsp3) is 0.333. The normalized spacial score (nSPS) is 11.1. The highest BCUT2D eigenvalue weighted by atomic mass is 32.1. The molecular formula is C18H19N3O4S. The summed E-state index contributed by atoms with van der Waals surface area (Å²) < 4.78 is 11.8. The van der Waals surface area contributed by atoms with Gasteiger partial charge in [-0.05, 0) is 38.3 Å². The first-order valence-electron chi connectivity index (χ1n) is 8.11. The van der Waals surface area contributed by atoms with Crippen molar-refractivity contribution in [2.75, 3.05) is 6.61 Å². The number of fused-ring (bicyclic) bond motifs is 1. The second kappa shape index (κ2) is 7.25. The van der Waals surface area contributed by atoms with Crippen molar-refractivity contribution in [2.24, 2.45) is 7.05 Å². The van der Waals surface area contributed by atoms with E-state index in [1.807, 2.05) is 17.5 Å². The van der Waals surface area contributed by atoms with Crippen LogP contribution in [0.4, 0.5) is 0 Å². The first-order valence-corrected chi connectivity index (χ1v) is 8.99. The Labute approximate surface area is 154 Å². The minimum absolute atomic E-state index is 0.264. The van der Waals surface area contributed by atoms with Gasteiger partial charge in [0, 0.05) is 7.05 Å². The summed E-state index contributed by atoms with van der Waals surface area (Å²) in [6.45, 7) is 4.84. The van der Waals surface area contributed by atoms with Gasteiger partial charge in [-0.3, -0.25) is 4.68 Å². The van der Waals surface area contributed by atoms with E-state index in [1.54, 1.807) is 38.6 Å². The lowest BCUT2D eigenvalue weighted by Gasteiger charge is -2.10. The fourth-order valence-corrected chi connectivity index (χ4v) is 3.34. The molecule has 0 bridgehead atoms. The average Bonchev–Trinajstić information content (AvgIpc) is 3.20. The number of esters is 2. The van der Waals surface area contributed by atoms with Crippen LogP contribution in [0.15, 0.2) is 23.6 Å². The molecule has 0 spiro atoms. The van der Waals surface area contributed by atoms with Crippen LogP contribution in [0.5, 0.6) is 0 Å². The maximum absolute atomic E-state index is 12.6. The Morgan fingerprint density at radius 2 is 2.12 bits per heavy atom. The predicted octanol–water partition coefficient (Wildman–Crippen LogP) is 3.11. The number of aryl methyl sites for hydroxylation is 2. The number of pyridine rings is 1. The molecular weight excluding hydrogens is 354 g/mol. The molecule has 3 heterocycles. The van der Waals surface area contributed by atoms with Crippen LogP contribution in [0.25, 0.3) is 21.6 Å². The molecule has 3 aromatic heterocycles. The molecule has 0 unspecified atom stereocenters. The summed E-state index contributed by atoms with van der Waals surface area (Å²) in [4.78, 5) is 29.8. The molecule has 0 aliphatic carbocycles. The van der Waals surface area contributed by atoms with Gasteiger partial charge < -0.3 is 9.47 Å². The third-order valence-corrected chi connectivity index (χ3v) is 4.54. The van der Waals surface area contributed by atoms with Crippen LogP contribution in [0.3, 0.4) is 0 Å². The van der Waals surface area contributed by atoms with Gasteiger partial charge in [-0.1, -0.05) is 6.07 Å². The first-order chi connectivity index (χ1) is 12.4. The summed E-state index contributed by atoms with van der Waals surface area (Å²) in [7, 11) is 1.77. The Hall–Kier alpha value is -2.74. The van der Waals surface area contributed by atoms with Crippen molar-refractivity contribution in [2.45, 2.75) is 26.9 Å². The zero-order valence-electron chi connectivity index (χ0n) is 15.0. The molecule has 0 radical (unpaired) electrons. The Balaban J connectivity index is 1.98. The molecule has 136 valence electrons. The number of hydrogen-bond acceptors (Lipinski definition) is 7. The number of ether oxygens (including phenoxy) is 2. The molecule has 7 nitrogen and oxygen atoms in total. The van der Waals surface area contributed by atoms with Crippen LogP contribution in [0.1, 0.15) is 29.9 Å². The minimum Gasteiger partial charge on any atom is -0.460 e. The monoisotopic (exact) mass is 373 g/mol. The number of nitrogens with zero attached hydrogens (tertiary/aromatic N) is 3. The summed E-state index contributed by atoms with van der Waals surface area (Å²) in [5.74, 6) is -1.19. The van der Waals surface area contributed by atoms with Crippen LogP contribution in [-0.4, -0.2) is 39.4 Å². The smallest absolute Gasteiger partial charge is 0.344 e. The largest absolute Gasteiger partial charge is 0.460 e. The van der Waals surface area contributed by atoms with E-state index in [2.05, 4.69) is 10.1 Å². The van der Waals surface area contributed by atoms with Crippen molar-refractivity contribution in [1.82, 2.24) is 14.8 Å². The van der Waals surface area contributed by atoms with Gasteiger partial charge in [-0.2, -0.15) is 5.10 Å². The zero-order chi connectivity index (χ0) is 18.8. The summed E-state index contributed by atoms with van der Waals surface area (Å²) in [6, 6.07) is 5.52. The van der Waals surface area contributed by atoms with E-state index in [0.29, 0.717) is 28.0 Å². The van der Waals surface area contributed by atoms with E-state index in [1.165, 1.54) is 11.3 Å². The van der Waals surface area contributed by atoms with Gasteiger partial charge in [0.05, 0.1) is 33.3 Å². The maximum atomic E-state index is 12.6. The number of rotatable bonds is 5. The molecule has 3 rings (SSSR count). The number of aromatic nitrogens is 3. The third-order valence-electron chi connectivity index (χ3n) is 3.65. The van der Waals surface area contributed by atoms with Crippen molar-refractivity contribution < 1.29 is 19.1 Å². The summed E-state index contributed by atoms with van der Waals surface area (Å²) in [6.07, 6.45) is -0.264. The molecule has 0 atom stereocenters. The van der Waals surface area contributed by atoms with E-state index in [4.69, 9.17) is 9.47 Å². The Kier molecular flexibility index (Phi) is 5.03. The lowest BCUT2D eigenvalue weighted by Crippen LogP contribution is -2.20. The van der Waals surface area contributed by atoms with E-state index >= 15 is 0 Å². The molecule has 0 aliphatic heterocycles. The Morgan fingerprint density at radius 3 is 2.77 bits per heavy atom. The van der Waals surface area contributed by atoms with Gasteiger partial charge in [0.2, 0.25) is 0 Å². The minimum atomic E-state index is -0.605. The van der Waals surface area contributed by atoms with Crippen LogP contribution >= 0.6 is 11.3 Å². The molecule has 0 aromatic carbocycles. The van der Waals surface area contributed by atoms with Crippen LogP contribution in [0.2, 0.25) is 0 Å². The van der Waals surface area contributed by atoms with Crippen molar-refractivity contribution in [1.29, 1.82) is 0 Å². The van der Waals surface area contributed by atoms with Gasteiger partial charge in [0.25, 0.3) is 0 Å². The van der Waals surface area contributed by atoms with Crippen molar-refractivity contribution in [3.63, 3.8) is 0 Å². The Morgan fingerprint density at radius 1 is 1.35 bits per heavy atom. The molecule has 0 fully saturated rings. The number of carbonyl (C=O) groups is 2. The van der Waals surface area contributed by atoms with Gasteiger partial charge in [-0.25, -0.2) is 14.6 Å². The molecule has 0 amide bonds. The van der Waals surface area contributed by atoms with Gasteiger partial charge in [0.1, 0.15) is 0 Å². The molecule has 26 heavy (non-hydrogen) atoms. The van der Waals surface area contributed by atoms with Gasteiger partial charge in [-0.15, -0.1) is 11.3 Å². The summed E-state index contributed by atoms with van der Waals surface area (Å²) in [5.41, 5.74) is 2.25. The Bertz CT molecular complexity index is 961. The van der Waals surface area contributed by atoms with Crippen molar-refractivity contribution >= 4 is 34.3 Å². The lowest BCUT2D eigenvalue weighted by molar-refractivity contribution is -0.150. The highest BCUT2D eigenvalue weighted by molar-refractivity contribution is 7.13. The third kappa shape index (κ3) is 3.60. The van der Waals surface area contributed by atoms with E-state index in [-0.39, 0.29) is 6.10 Å². The predicted molar refractivity (Wildman–Crippen MR) is 98.1 cm³/mol. The SMILES string of the molecule is Cc1nn(C)c2nc(-c3cccs3)cc(C(=O)OCC(=O)OC(C)C)c12. The molecule has 0 N–H and O–H groups in total. The second-order valence-corrected chi connectivity index (χ2v) is 7.00. The van der Waals surface area contributed by atoms with Crippen LogP contribution in [-0.2, 0) is 21.3 Å². The highest BCUT2D eigenvalue weighted by Gasteiger charge is 2.21. The molecule has 0 saturated heterocycles. The average molecular weight is 373 g/mol. The van der Waals surface area contributed by atoms with E-state index in [0.717, 1.165) is 4.88 Å². The second-order valence-electron chi connectivity index (χ2n) is 6.05. The standard InChI is InChI=1S/C18H19N3O4S/c1-10(2)25-15(22)9-24-18(23)12-8-13(14-6-5-7-26-14)19-17-16(12)11(3)20-21(17)4/h5-8,10H,9H2,1-4H3. The zero-order valence-corrected chi connectivity index (χ0v) is 15.8. The topological polar surface area (TPSA) is 83.3 Å². The van der Waals surface area contributed by atoms with Crippen molar-refractivity contribution in [3.8, 4) is 10.6 Å². The summed E-state index contributed by atoms with van der Waals surface area (Å²) >= 11 is 1.52. The molecule has 3 aromatic rings. The number of hydrogen-bond donors (Lipinski definition) is 0. The fourth-order valence-electron chi connectivity index (χ4n) is 2.66.